The molecule has 4 nitrogen and oxygen atoms in total. The molecule has 25 heavy (non-hydrogen) atoms. The largest absolute Gasteiger partial charge is 0.493 e. The van der Waals surface area contributed by atoms with Crippen LogP contribution < -0.4 is 15.2 Å². The van der Waals surface area contributed by atoms with Crippen LogP contribution >= 0.6 is 0 Å². The third-order valence-corrected chi connectivity index (χ3v) is 3.89. The van der Waals surface area contributed by atoms with Gasteiger partial charge in [0.2, 0.25) is 5.91 Å². The Balaban J connectivity index is 1.86. The Kier molecular flexibility index (Phi) is 5.00. The maximum absolute atomic E-state index is 10.9. The molecule has 0 aromatic heterocycles. The molecule has 1 amide bonds. The molecule has 0 aliphatic heterocycles. The number of primary amides is 1. The average Bonchev–Trinajstić information content (AvgIpc) is 2.64. The molecule has 2 N–H and O–H groups in total. The van der Waals surface area contributed by atoms with Crippen LogP contribution in [0.25, 0.3) is 16.8 Å². The molecule has 0 bridgehead atoms. The van der Waals surface area contributed by atoms with Crippen LogP contribution in [0.5, 0.6) is 11.5 Å². The Morgan fingerprint density at radius 3 is 2.64 bits per heavy atom. The number of carbonyl (C=O) groups excluding carboxylic acids is 1. The Morgan fingerprint density at radius 2 is 1.84 bits per heavy atom. The van der Waals surface area contributed by atoms with Gasteiger partial charge in [0.25, 0.3) is 0 Å². The van der Waals surface area contributed by atoms with E-state index in [-0.39, 0.29) is 0 Å². The van der Waals surface area contributed by atoms with E-state index in [4.69, 9.17) is 15.2 Å². The van der Waals surface area contributed by atoms with Crippen molar-refractivity contribution >= 4 is 22.8 Å². The molecule has 126 valence electrons. The quantitative estimate of drug-likeness (QED) is 0.695. The van der Waals surface area contributed by atoms with Crippen molar-refractivity contribution in [2.45, 2.75) is 6.61 Å². The van der Waals surface area contributed by atoms with Crippen molar-refractivity contribution in [3.63, 3.8) is 0 Å². The van der Waals surface area contributed by atoms with E-state index in [1.165, 1.54) is 11.5 Å². The first-order chi connectivity index (χ1) is 12.2. The topological polar surface area (TPSA) is 61.5 Å². The van der Waals surface area contributed by atoms with Crippen molar-refractivity contribution < 1.29 is 14.3 Å². The number of hydrogen-bond acceptors (Lipinski definition) is 3. The third kappa shape index (κ3) is 3.98. The van der Waals surface area contributed by atoms with Gasteiger partial charge in [0.05, 0.1) is 7.11 Å². The highest BCUT2D eigenvalue weighted by Gasteiger charge is 2.07. The second kappa shape index (κ2) is 7.53. The van der Waals surface area contributed by atoms with E-state index >= 15 is 0 Å². The van der Waals surface area contributed by atoms with Gasteiger partial charge in [-0.1, -0.05) is 48.5 Å². The summed E-state index contributed by atoms with van der Waals surface area (Å²) in [6.07, 6.45) is 2.96. The van der Waals surface area contributed by atoms with E-state index in [9.17, 15) is 4.79 Å². The van der Waals surface area contributed by atoms with Crippen molar-refractivity contribution in [2.75, 3.05) is 7.11 Å². The number of ether oxygens (including phenoxy) is 2. The number of hydrogen-bond donors (Lipinski definition) is 1. The Labute approximate surface area is 146 Å². The number of amides is 1. The Hall–Kier alpha value is -3.27. The van der Waals surface area contributed by atoms with Crippen molar-refractivity contribution in [1.29, 1.82) is 0 Å². The van der Waals surface area contributed by atoms with Crippen molar-refractivity contribution in [1.82, 2.24) is 0 Å². The summed E-state index contributed by atoms with van der Waals surface area (Å²) in [5, 5.41) is 2.34. The second-order valence-electron chi connectivity index (χ2n) is 5.57. The minimum Gasteiger partial charge on any atom is -0.493 e. The van der Waals surface area contributed by atoms with Gasteiger partial charge in [-0.15, -0.1) is 0 Å². The minimum absolute atomic E-state index is 0.417. The minimum atomic E-state index is -0.492. The highest BCUT2D eigenvalue weighted by Crippen LogP contribution is 2.30. The average molecular weight is 333 g/mol. The van der Waals surface area contributed by atoms with Crippen LogP contribution in [-0.4, -0.2) is 13.0 Å². The lowest BCUT2D eigenvalue weighted by Gasteiger charge is -2.13. The van der Waals surface area contributed by atoms with Crippen LogP contribution in [0.3, 0.4) is 0 Å². The molecule has 0 radical (unpaired) electrons. The van der Waals surface area contributed by atoms with Crippen molar-refractivity contribution in [3.05, 3.63) is 77.9 Å². The molecular weight excluding hydrogens is 314 g/mol. The molecule has 3 aromatic carbocycles. The molecule has 3 aromatic rings. The smallest absolute Gasteiger partial charge is 0.241 e. The van der Waals surface area contributed by atoms with Crippen LogP contribution in [-0.2, 0) is 11.4 Å². The lowest BCUT2D eigenvalue weighted by atomic mass is 10.1. The number of nitrogens with two attached hydrogens (primary N) is 1. The first-order valence-electron chi connectivity index (χ1n) is 7.92. The van der Waals surface area contributed by atoms with Gasteiger partial charge in [-0.3, -0.25) is 4.79 Å². The molecule has 0 saturated carbocycles. The van der Waals surface area contributed by atoms with Gasteiger partial charge in [-0.25, -0.2) is 0 Å². The summed E-state index contributed by atoms with van der Waals surface area (Å²) < 4.78 is 11.4. The van der Waals surface area contributed by atoms with Crippen LogP contribution in [0.2, 0.25) is 0 Å². The molecule has 0 spiro atoms. The fraction of sp³-hybridized carbons (Fsp3) is 0.0952. The van der Waals surface area contributed by atoms with Crippen molar-refractivity contribution in [3.8, 4) is 11.5 Å². The molecule has 0 saturated heterocycles. The third-order valence-electron chi connectivity index (χ3n) is 3.89. The summed E-state index contributed by atoms with van der Waals surface area (Å²) in [5.74, 6) is 0.757. The molecule has 4 heteroatoms. The van der Waals surface area contributed by atoms with Crippen LogP contribution in [0, 0.1) is 0 Å². The summed E-state index contributed by atoms with van der Waals surface area (Å²) in [6, 6.07) is 19.8. The fourth-order valence-electron chi connectivity index (χ4n) is 2.66. The molecule has 0 aliphatic carbocycles. The van der Waals surface area contributed by atoms with Crippen LogP contribution in [0.1, 0.15) is 11.1 Å². The molecular formula is C21H19NO3. The maximum atomic E-state index is 10.9. The van der Waals surface area contributed by atoms with Gasteiger partial charge in [-0.05, 0) is 40.1 Å². The van der Waals surface area contributed by atoms with E-state index in [2.05, 4.69) is 18.2 Å². The molecule has 0 unspecified atom stereocenters. The highest BCUT2D eigenvalue weighted by atomic mass is 16.5. The fourth-order valence-corrected chi connectivity index (χ4v) is 2.66. The Morgan fingerprint density at radius 1 is 1.04 bits per heavy atom. The standard InChI is InChI=1S/C21H19NO3/c1-24-19-11-9-15(10-12-21(22)23)13-20(19)25-14-17-7-4-6-16-5-2-3-8-18(16)17/h2-13H,14H2,1H3,(H2,22,23)/b12-10+. The first kappa shape index (κ1) is 16.6. The number of rotatable bonds is 6. The van der Waals surface area contributed by atoms with Gasteiger partial charge in [0.15, 0.2) is 11.5 Å². The van der Waals surface area contributed by atoms with Gasteiger partial charge < -0.3 is 15.2 Å². The number of methoxy groups -OCH3 is 1. The normalized spacial score (nSPS) is 10.9. The van der Waals surface area contributed by atoms with Crippen LogP contribution in [0.15, 0.2) is 66.7 Å². The second-order valence-corrected chi connectivity index (χ2v) is 5.57. The first-order valence-corrected chi connectivity index (χ1v) is 7.92. The van der Waals surface area contributed by atoms with Gasteiger partial charge in [0.1, 0.15) is 6.61 Å². The van der Waals surface area contributed by atoms with E-state index in [1.54, 1.807) is 19.3 Å². The molecule has 0 atom stereocenters. The van der Waals surface area contributed by atoms with E-state index in [0.29, 0.717) is 18.1 Å². The zero-order chi connectivity index (χ0) is 17.6. The maximum Gasteiger partial charge on any atom is 0.241 e. The van der Waals surface area contributed by atoms with Gasteiger partial charge in [0, 0.05) is 6.08 Å². The SMILES string of the molecule is COc1ccc(/C=C/C(N)=O)cc1OCc1cccc2ccccc12. The summed E-state index contributed by atoms with van der Waals surface area (Å²) in [6.45, 7) is 0.417. The molecule has 3 rings (SSSR count). The molecule has 0 fully saturated rings. The van der Waals surface area contributed by atoms with Gasteiger partial charge in [-0.2, -0.15) is 0 Å². The molecule has 0 aliphatic rings. The summed E-state index contributed by atoms with van der Waals surface area (Å²) >= 11 is 0. The lowest BCUT2D eigenvalue weighted by molar-refractivity contribution is -0.113. The zero-order valence-corrected chi connectivity index (χ0v) is 13.9. The molecule has 0 heterocycles. The monoisotopic (exact) mass is 333 g/mol. The van der Waals surface area contributed by atoms with E-state index in [1.807, 2.05) is 36.4 Å². The van der Waals surface area contributed by atoms with E-state index < -0.39 is 5.91 Å². The summed E-state index contributed by atoms with van der Waals surface area (Å²) in [5.41, 5.74) is 7.05. The van der Waals surface area contributed by atoms with Gasteiger partial charge >= 0.3 is 0 Å². The number of carbonyl (C=O) groups is 1. The highest BCUT2D eigenvalue weighted by molar-refractivity contribution is 5.90. The van der Waals surface area contributed by atoms with E-state index in [0.717, 1.165) is 16.5 Å². The predicted molar refractivity (Wildman–Crippen MR) is 99.5 cm³/mol. The number of fused-ring (bicyclic) bond motifs is 1. The van der Waals surface area contributed by atoms with Crippen LogP contribution in [0.4, 0.5) is 0 Å². The summed E-state index contributed by atoms with van der Waals surface area (Å²) in [7, 11) is 1.60. The lowest BCUT2D eigenvalue weighted by Crippen LogP contribution is -2.05. The Bertz CT molecular complexity index is 926. The zero-order valence-electron chi connectivity index (χ0n) is 13.9. The predicted octanol–water partition coefficient (Wildman–Crippen LogP) is 3.93. The summed E-state index contributed by atoms with van der Waals surface area (Å²) in [4.78, 5) is 10.9. The van der Waals surface area contributed by atoms with Crippen molar-refractivity contribution in [2.24, 2.45) is 5.73 Å². The number of benzene rings is 3.